The second kappa shape index (κ2) is 6.14. The summed E-state index contributed by atoms with van der Waals surface area (Å²) in [6.45, 7) is 0.0908. The number of rotatable bonds is 4. The largest absolute Gasteiger partial charge is 0.491 e. The minimum Gasteiger partial charge on any atom is -0.491 e. The minimum absolute atomic E-state index is 0.0908. The summed E-state index contributed by atoms with van der Waals surface area (Å²) in [5.74, 6) is -0.964. The molecule has 1 aromatic carbocycles. The zero-order valence-electron chi connectivity index (χ0n) is 10.2. The van der Waals surface area contributed by atoms with Gasteiger partial charge in [0.05, 0.1) is 6.10 Å². The van der Waals surface area contributed by atoms with Crippen LogP contribution in [0, 0.1) is 17.6 Å². The van der Waals surface area contributed by atoms with Crippen LogP contribution in [0.1, 0.15) is 32.1 Å². The monoisotopic (exact) mass is 256 g/mol. The number of halogens is 2. The van der Waals surface area contributed by atoms with E-state index in [1.54, 1.807) is 0 Å². The molecule has 0 saturated heterocycles. The van der Waals surface area contributed by atoms with Crippen molar-refractivity contribution in [1.29, 1.82) is 0 Å². The summed E-state index contributed by atoms with van der Waals surface area (Å²) in [6.07, 6.45) is 4.94. The zero-order valence-corrected chi connectivity index (χ0v) is 10.2. The molecular weight excluding hydrogens is 238 g/mol. The summed E-state index contributed by atoms with van der Waals surface area (Å²) < 4.78 is 31.1. The molecule has 1 aliphatic carbocycles. The molecule has 100 valence electrons. The molecule has 0 amide bonds. The number of aliphatic hydroxyl groups is 1. The fourth-order valence-corrected chi connectivity index (χ4v) is 2.45. The maximum absolute atomic E-state index is 12.9. The first-order valence-corrected chi connectivity index (χ1v) is 6.42. The highest BCUT2D eigenvalue weighted by Gasteiger charge is 2.22. The van der Waals surface area contributed by atoms with Crippen molar-refractivity contribution < 1.29 is 18.6 Å². The van der Waals surface area contributed by atoms with Gasteiger partial charge in [0.2, 0.25) is 0 Å². The average molecular weight is 256 g/mol. The summed E-state index contributed by atoms with van der Waals surface area (Å²) in [5.41, 5.74) is 0. The lowest BCUT2D eigenvalue weighted by molar-refractivity contribution is 0.0411. The van der Waals surface area contributed by atoms with E-state index in [9.17, 15) is 13.9 Å². The Bertz CT molecular complexity index is 369. The first kappa shape index (κ1) is 13.3. The number of hydrogen-bond acceptors (Lipinski definition) is 2. The van der Waals surface area contributed by atoms with Crippen molar-refractivity contribution in [3.63, 3.8) is 0 Å². The Hall–Kier alpha value is -1.16. The normalized spacial score (nSPS) is 18.6. The molecule has 1 atom stereocenters. The Kier molecular flexibility index (Phi) is 4.53. The summed E-state index contributed by atoms with van der Waals surface area (Å²) in [5, 5.41) is 9.96. The van der Waals surface area contributed by atoms with Gasteiger partial charge in [-0.25, -0.2) is 8.78 Å². The molecule has 1 aliphatic rings. The lowest BCUT2D eigenvalue weighted by atomic mass is 9.85. The van der Waals surface area contributed by atoms with Gasteiger partial charge in [-0.1, -0.05) is 19.3 Å². The molecule has 1 unspecified atom stereocenters. The molecule has 1 aromatic rings. The van der Waals surface area contributed by atoms with E-state index in [1.165, 1.54) is 6.42 Å². The molecule has 1 N–H and O–H groups in total. The first-order chi connectivity index (χ1) is 8.65. The Morgan fingerprint density at radius 3 is 2.33 bits per heavy atom. The average Bonchev–Trinajstić information content (AvgIpc) is 2.36. The highest BCUT2D eigenvalue weighted by Crippen LogP contribution is 2.27. The van der Waals surface area contributed by atoms with Crippen LogP contribution in [0.5, 0.6) is 5.75 Å². The second-order valence-electron chi connectivity index (χ2n) is 4.88. The molecular formula is C14H18F2O2. The van der Waals surface area contributed by atoms with E-state index in [4.69, 9.17) is 4.74 Å². The Labute approximate surface area is 106 Å². The molecule has 0 bridgehead atoms. The topological polar surface area (TPSA) is 29.5 Å². The van der Waals surface area contributed by atoms with Crippen LogP contribution in [0.25, 0.3) is 0 Å². The van der Waals surface area contributed by atoms with Gasteiger partial charge in [0.1, 0.15) is 24.0 Å². The lowest BCUT2D eigenvalue weighted by Crippen LogP contribution is -2.28. The predicted molar refractivity (Wildman–Crippen MR) is 64.4 cm³/mol. The van der Waals surface area contributed by atoms with Crippen LogP contribution in [0.3, 0.4) is 0 Å². The van der Waals surface area contributed by atoms with Crippen molar-refractivity contribution in [3.05, 3.63) is 29.8 Å². The molecule has 1 saturated carbocycles. The van der Waals surface area contributed by atoms with Gasteiger partial charge in [-0.3, -0.25) is 0 Å². The van der Waals surface area contributed by atoms with E-state index in [1.807, 2.05) is 0 Å². The van der Waals surface area contributed by atoms with Gasteiger partial charge >= 0.3 is 0 Å². The second-order valence-corrected chi connectivity index (χ2v) is 4.88. The molecule has 0 heterocycles. The van der Waals surface area contributed by atoms with E-state index in [0.29, 0.717) is 0 Å². The van der Waals surface area contributed by atoms with Crippen molar-refractivity contribution >= 4 is 0 Å². The van der Waals surface area contributed by atoms with Crippen molar-refractivity contribution in [2.45, 2.75) is 38.2 Å². The van der Waals surface area contributed by atoms with Gasteiger partial charge < -0.3 is 9.84 Å². The SMILES string of the molecule is OC(COc1cc(F)cc(F)c1)C1CCCCC1. The van der Waals surface area contributed by atoms with Gasteiger partial charge in [0.25, 0.3) is 0 Å². The van der Waals surface area contributed by atoms with E-state index in [0.717, 1.165) is 43.9 Å². The molecule has 0 spiro atoms. The quantitative estimate of drug-likeness (QED) is 0.895. The number of ether oxygens (including phenoxy) is 1. The number of hydrogen-bond donors (Lipinski definition) is 1. The van der Waals surface area contributed by atoms with E-state index in [-0.39, 0.29) is 18.3 Å². The third kappa shape index (κ3) is 3.67. The third-order valence-corrected chi connectivity index (χ3v) is 3.45. The third-order valence-electron chi connectivity index (χ3n) is 3.45. The lowest BCUT2D eigenvalue weighted by Gasteiger charge is -2.26. The Balaban J connectivity index is 1.86. The highest BCUT2D eigenvalue weighted by molar-refractivity contribution is 5.23. The van der Waals surface area contributed by atoms with E-state index in [2.05, 4.69) is 0 Å². The van der Waals surface area contributed by atoms with Gasteiger partial charge in [-0.05, 0) is 18.8 Å². The predicted octanol–water partition coefficient (Wildman–Crippen LogP) is 3.28. The zero-order chi connectivity index (χ0) is 13.0. The van der Waals surface area contributed by atoms with E-state index >= 15 is 0 Å². The maximum atomic E-state index is 12.9. The molecule has 0 aromatic heterocycles. The summed E-state index contributed by atoms with van der Waals surface area (Å²) >= 11 is 0. The smallest absolute Gasteiger partial charge is 0.129 e. The molecule has 1 fully saturated rings. The minimum atomic E-state index is -0.669. The van der Waals surface area contributed by atoms with Gasteiger partial charge in [0.15, 0.2) is 0 Å². The van der Waals surface area contributed by atoms with Crippen molar-refractivity contribution in [2.75, 3.05) is 6.61 Å². The van der Waals surface area contributed by atoms with Gasteiger partial charge in [-0.15, -0.1) is 0 Å². The molecule has 0 aliphatic heterocycles. The fraction of sp³-hybridized carbons (Fsp3) is 0.571. The van der Waals surface area contributed by atoms with Gasteiger partial charge in [0, 0.05) is 18.2 Å². The number of benzene rings is 1. The van der Waals surface area contributed by atoms with Crippen molar-refractivity contribution in [1.82, 2.24) is 0 Å². The molecule has 0 radical (unpaired) electrons. The van der Waals surface area contributed by atoms with E-state index < -0.39 is 17.7 Å². The van der Waals surface area contributed by atoms with Crippen molar-refractivity contribution in [3.8, 4) is 5.75 Å². The standard InChI is InChI=1S/C14H18F2O2/c15-11-6-12(16)8-13(7-11)18-9-14(17)10-4-2-1-3-5-10/h6-8,10,14,17H,1-5,9H2. The highest BCUT2D eigenvalue weighted by atomic mass is 19.1. The molecule has 18 heavy (non-hydrogen) atoms. The summed E-state index contributed by atoms with van der Waals surface area (Å²) in [4.78, 5) is 0. The van der Waals surface area contributed by atoms with Gasteiger partial charge in [-0.2, -0.15) is 0 Å². The Morgan fingerprint density at radius 2 is 1.72 bits per heavy atom. The number of aliphatic hydroxyl groups excluding tert-OH is 1. The van der Waals surface area contributed by atoms with Crippen LogP contribution in [-0.4, -0.2) is 17.8 Å². The Morgan fingerprint density at radius 1 is 1.11 bits per heavy atom. The van der Waals surface area contributed by atoms with Crippen LogP contribution < -0.4 is 4.74 Å². The molecule has 4 heteroatoms. The van der Waals surface area contributed by atoms with Crippen LogP contribution in [-0.2, 0) is 0 Å². The van der Waals surface area contributed by atoms with Crippen LogP contribution in [0.4, 0.5) is 8.78 Å². The van der Waals surface area contributed by atoms with Crippen LogP contribution >= 0.6 is 0 Å². The maximum Gasteiger partial charge on any atom is 0.129 e. The van der Waals surface area contributed by atoms with Crippen LogP contribution in [0.15, 0.2) is 18.2 Å². The first-order valence-electron chi connectivity index (χ1n) is 6.42. The van der Waals surface area contributed by atoms with Crippen molar-refractivity contribution in [2.24, 2.45) is 5.92 Å². The summed E-state index contributed by atoms with van der Waals surface area (Å²) in [7, 11) is 0. The fourth-order valence-electron chi connectivity index (χ4n) is 2.45. The molecule has 2 rings (SSSR count). The summed E-state index contributed by atoms with van der Waals surface area (Å²) in [6, 6.07) is 3.04. The molecule has 2 nitrogen and oxygen atoms in total. The van der Waals surface area contributed by atoms with Crippen LogP contribution in [0.2, 0.25) is 0 Å².